The minimum atomic E-state index is -0.336. The highest BCUT2D eigenvalue weighted by Crippen LogP contribution is 2.27. The molecule has 4 nitrogen and oxygen atoms in total. The second-order valence-corrected chi connectivity index (χ2v) is 6.25. The van der Waals surface area contributed by atoms with Crippen molar-refractivity contribution in [2.75, 3.05) is 0 Å². The molecular weight excluding hydrogens is 320 g/mol. The lowest BCUT2D eigenvalue weighted by atomic mass is 10.1. The largest absolute Gasteiger partial charge is 0.457 e. The molecule has 0 aliphatic carbocycles. The number of hydrogen-bond donors (Lipinski definition) is 1. The van der Waals surface area contributed by atoms with Crippen LogP contribution in [0.1, 0.15) is 15.9 Å². The predicted molar refractivity (Wildman–Crippen MR) is 95.0 cm³/mol. The molecule has 0 saturated heterocycles. The number of para-hydroxylation sites is 1. The maximum absolute atomic E-state index is 12.5. The summed E-state index contributed by atoms with van der Waals surface area (Å²) in [7, 11) is 0. The first-order valence-electron chi connectivity index (χ1n) is 7.54. The highest BCUT2D eigenvalue weighted by molar-refractivity contribution is 7.13. The summed E-state index contributed by atoms with van der Waals surface area (Å²) in [5.74, 6) is -0.336. The van der Waals surface area contributed by atoms with Crippen molar-refractivity contribution >= 4 is 28.2 Å². The van der Waals surface area contributed by atoms with Crippen molar-refractivity contribution in [1.82, 2.24) is 9.97 Å². The maximum atomic E-state index is 12.5. The van der Waals surface area contributed by atoms with Crippen LogP contribution in [0.4, 0.5) is 0 Å². The fourth-order valence-corrected chi connectivity index (χ4v) is 3.21. The fraction of sp³-hybridized carbons (Fsp3) is 0.0526. The number of fused-ring (bicyclic) bond motifs is 1. The number of benzene rings is 2. The lowest BCUT2D eigenvalue weighted by Gasteiger charge is -2.06. The molecule has 0 radical (unpaired) electrons. The Labute approximate surface area is 142 Å². The van der Waals surface area contributed by atoms with Crippen molar-refractivity contribution in [1.29, 1.82) is 0 Å². The van der Waals surface area contributed by atoms with Gasteiger partial charge in [-0.25, -0.2) is 9.78 Å². The summed E-state index contributed by atoms with van der Waals surface area (Å²) >= 11 is 1.55. The lowest BCUT2D eigenvalue weighted by molar-refractivity contribution is 0.0475. The topological polar surface area (TPSA) is 55.0 Å². The standard InChI is InChI=1S/C19H14N2O2S/c22-19(23-12-13-5-2-1-3-6-13)15-8-4-7-14-11-16(21-17(14)15)18-20-9-10-24-18/h1-11,21H,12H2. The highest BCUT2D eigenvalue weighted by Gasteiger charge is 2.15. The molecule has 1 N–H and O–H groups in total. The van der Waals surface area contributed by atoms with E-state index in [9.17, 15) is 4.79 Å². The van der Waals surface area contributed by atoms with E-state index in [-0.39, 0.29) is 12.6 Å². The highest BCUT2D eigenvalue weighted by atomic mass is 32.1. The van der Waals surface area contributed by atoms with Gasteiger partial charge in [-0.1, -0.05) is 42.5 Å². The van der Waals surface area contributed by atoms with E-state index in [0.29, 0.717) is 5.56 Å². The van der Waals surface area contributed by atoms with Gasteiger partial charge in [0.15, 0.2) is 0 Å². The van der Waals surface area contributed by atoms with Crippen LogP contribution in [0.2, 0.25) is 0 Å². The normalized spacial score (nSPS) is 10.8. The van der Waals surface area contributed by atoms with Gasteiger partial charge in [0.2, 0.25) is 0 Å². The number of H-pyrrole nitrogens is 1. The summed E-state index contributed by atoms with van der Waals surface area (Å²) in [6.07, 6.45) is 1.76. The molecule has 24 heavy (non-hydrogen) atoms. The molecule has 2 aromatic carbocycles. The molecule has 0 aliphatic rings. The Balaban J connectivity index is 1.62. The van der Waals surface area contributed by atoms with Crippen LogP contribution in [0, 0.1) is 0 Å². The van der Waals surface area contributed by atoms with E-state index in [4.69, 9.17) is 4.74 Å². The Morgan fingerprint density at radius 1 is 1.12 bits per heavy atom. The van der Waals surface area contributed by atoms with Gasteiger partial charge < -0.3 is 9.72 Å². The Kier molecular flexibility index (Phi) is 3.84. The molecule has 0 amide bonds. The van der Waals surface area contributed by atoms with Gasteiger partial charge in [-0.2, -0.15) is 0 Å². The molecule has 2 aromatic heterocycles. The quantitative estimate of drug-likeness (QED) is 0.553. The van der Waals surface area contributed by atoms with Gasteiger partial charge in [0.05, 0.1) is 16.8 Å². The minimum absolute atomic E-state index is 0.260. The zero-order valence-electron chi connectivity index (χ0n) is 12.7. The van der Waals surface area contributed by atoms with Crippen molar-refractivity contribution in [2.24, 2.45) is 0 Å². The molecule has 2 heterocycles. The Morgan fingerprint density at radius 2 is 2.00 bits per heavy atom. The number of aromatic amines is 1. The first-order valence-corrected chi connectivity index (χ1v) is 8.42. The Hall–Kier alpha value is -2.92. The number of nitrogens with one attached hydrogen (secondary N) is 1. The first-order chi connectivity index (χ1) is 11.8. The van der Waals surface area contributed by atoms with Gasteiger partial charge in [-0.15, -0.1) is 11.3 Å². The summed E-state index contributed by atoms with van der Waals surface area (Å²) in [5.41, 5.74) is 3.18. The van der Waals surface area contributed by atoms with E-state index in [2.05, 4.69) is 9.97 Å². The SMILES string of the molecule is O=C(OCc1ccccc1)c1cccc2cc(-c3nccs3)[nH]c12. The number of thiazole rings is 1. The second-order valence-electron chi connectivity index (χ2n) is 5.35. The van der Waals surface area contributed by atoms with Crippen molar-refractivity contribution in [3.8, 4) is 10.7 Å². The summed E-state index contributed by atoms with van der Waals surface area (Å²) in [4.78, 5) is 20.1. The van der Waals surface area contributed by atoms with E-state index in [1.54, 1.807) is 23.6 Å². The molecule has 0 fully saturated rings. The molecule has 0 saturated carbocycles. The van der Waals surface area contributed by atoms with Gasteiger partial charge >= 0.3 is 5.97 Å². The van der Waals surface area contributed by atoms with Gasteiger partial charge in [0.1, 0.15) is 11.6 Å². The fourth-order valence-electron chi connectivity index (χ4n) is 2.60. The monoisotopic (exact) mass is 334 g/mol. The number of aromatic nitrogens is 2. The van der Waals surface area contributed by atoms with Gasteiger partial charge in [-0.3, -0.25) is 0 Å². The predicted octanol–water partition coefficient (Wildman–Crippen LogP) is 4.65. The third kappa shape index (κ3) is 2.81. The summed E-state index contributed by atoms with van der Waals surface area (Å²) in [5, 5.41) is 3.79. The van der Waals surface area contributed by atoms with Crippen LogP contribution in [-0.4, -0.2) is 15.9 Å². The third-order valence-corrected chi connectivity index (χ3v) is 4.56. The van der Waals surface area contributed by atoms with Crippen molar-refractivity contribution in [3.63, 3.8) is 0 Å². The van der Waals surface area contributed by atoms with Crippen LogP contribution in [0.25, 0.3) is 21.6 Å². The molecule has 4 rings (SSSR count). The summed E-state index contributed by atoms with van der Waals surface area (Å²) < 4.78 is 5.45. The third-order valence-electron chi connectivity index (χ3n) is 3.75. The molecule has 0 unspecified atom stereocenters. The van der Waals surface area contributed by atoms with Gasteiger partial charge in [0.25, 0.3) is 0 Å². The van der Waals surface area contributed by atoms with Gasteiger partial charge in [0, 0.05) is 17.0 Å². The van der Waals surface area contributed by atoms with Crippen LogP contribution in [0.15, 0.2) is 66.2 Å². The van der Waals surface area contributed by atoms with Crippen molar-refractivity contribution in [3.05, 3.63) is 77.3 Å². The van der Waals surface area contributed by atoms with E-state index < -0.39 is 0 Å². The minimum Gasteiger partial charge on any atom is -0.457 e. The number of carbonyl (C=O) groups is 1. The van der Waals surface area contributed by atoms with E-state index >= 15 is 0 Å². The zero-order chi connectivity index (χ0) is 16.4. The second kappa shape index (κ2) is 6.29. The number of carbonyl (C=O) groups excluding carboxylic acids is 1. The number of nitrogens with zero attached hydrogens (tertiary/aromatic N) is 1. The Morgan fingerprint density at radius 3 is 2.79 bits per heavy atom. The van der Waals surface area contributed by atoms with E-state index in [1.165, 1.54) is 0 Å². The van der Waals surface area contributed by atoms with Crippen LogP contribution in [0.3, 0.4) is 0 Å². The van der Waals surface area contributed by atoms with Crippen LogP contribution < -0.4 is 0 Å². The van der Waals surface area contributed by atoms with Gasteiger partial charge in [-0.05, 0) is 17.7 Å². The lowest BCUT2D eigenvalue weighted by Crippen LogP contribution is -2.05. The smallest absolute Gasteiger partial charge is 0.340 e. The average Bonchev–Trinajstić information content (AvgIpc) is 3.29. The molecule has 4 aromatic rings. The number of rotatable bonds is 4. The van der Waals surface area contributed by atoms with Crippen LogP contribution >= 0.6 is 11.3 Å². The maximum Gasteiger partial charge on any atom is 0.340 e. The van der Waals surface area contributed by atoms with Crippen LogP contribution in [-0.2, 0) is 11.3 Å². The number of hydrogen-bond acceptors (Lipinski definition) is 4. The van der Waals surface area contributed by atoms with Crippen molar-refractivity contribution in [2.45, 2.75) is 6.61 Å². The molecule has 0 bridgehead atoms. The average molecular weight is 334 g/mol. The first kappa shape index (κ1) is 14.7. The van der Waals surface area contributed by atoms with E-state index in [1.807, 2.05) is 53.9 Å². The Bertz CT molecular complexity index is 975. The summed E-state index contributed by atoms with van der Waals surface area (Å²) in [6, 6.07) is 17.3. The molecular formula is C19H14N2O2S. The summed E-state index contributed by atoms with van der Waals surface area (Å²) in [6.45, 7) is 0.260. The number of esters is 1. The molecule has 0 aliphatic heterocycles. The van der Waals surface area contributed by atoms with E-state index in [0.717, 1.165) is 27.2 Å². The molecule has 118 valence electrons. The van der Waals surface area contributed by atoms with Crippen LogP contribution in [0.5, 0.6) is 0 Å². The molecule has 0 atom stereocenters. The zero-order valence-corrected chi connectivity index (χ0v) is 13.5. The molecule has 0 spiro atoms. The van der Waals surface area contributed by atoms with Crippen molar-refractivity contribution < 1.29 is 9.53 Å². The molecule has 5 heteroatoms. The number of ether oxygens (including phenoxy) is 1.